The van der Waals surface area contributed by atoms with Crippen molar-refractivity contribution in [2.45, 2.75) is 18.9 Å². The zero-order chi connectivity index (χ0) is 22.3. The van der Waals surface area contributed by atoms with E-state index in [1.54, 1.807) is 29.7 Å². The number of benzene rings is 2. The molecule has 0 heterocycles. The topological polar surface area (TPSA) is 106 Å². The molecule has 8 heteroatoms. The second kappa shape index (κ2) is 13.8. The molecule has 31 heavy (non-hydrogen) atoms. The average molecular weight is 426 g/mol. The summed E-state index contributed by atoms with van der Waals surface area (Å²) in [6.45, 7) is 0.500. The molecule has 0 aliphatic carbocycles. The summed E-state index contributed by atoms with van der Waals surface area (Å²) in [5, 5.41) is 11.5. The molecule has 2 aromatic rings. The van der Waals surface area contributed by atoms with Crippen molar-refractivity contribution in [2.24, 2.45) is 0 Å². The van der Waals surface area contributed by atoms with Crippen LogP contribution in [-0.2, 0) is 14.3 Å². The third-order valence-electron chi connectivity index (χ3n) is 4.13. The van der Waals surface area contributed by atoms with Gasteiger partial charge in [-0.3, -0.25) is 14.8 Å². The van der Waals surface area contributed by atoms with Gasteiger partial charge in [0.25, 0.3) is 5.91 Å². The molecule has 0 fully saturated rings. The third kappa shape index (κ3) is 9.31. The lowest BCUT2D eigenvalue weighted by Gasteiger charge is -2.18. The number of ether oxygens (including phenoxy) is 3. The molecule has 3 N–H and O–H groups in total. The highest BCUT2D eigenvalue weighted by molar-refractivity contribution is 5.94. The fraction of sp³-hybridized carbons (Fsp3) is 0.304. The van der Waals surface area contributed by atoms with Crippen LogP contribution in [0.1, 0.15) is 28.8 Å². The number of carbonyl (C=O) groups is 2. The SMILES string of the molecule is COCOC[C@H](CCC(=O)NO)NC(=O)c1ccc(C#CCOc2ccccc2)cc1. The molecular formula is C23H26N2O6. The van der Waals surface area contributed by atoms with E-state index in [4.69, 9.17) is 19.4 Å². The first kappa shape index (κ1) is 23.9. The molecule has 2 aromatic carbocycles. The predicted octanol–water partition coefficient (Wildman–Crippen LogP) is 2.12. The van der Waals surface area contributed by atoms with E-state index in [2.05, 4.69) is 17.2 Å². The monoisotopic (exact) mass is 426 g/mol. The summed E-state index contributed by atoms with van der Waals surface area (Å²) in [6, 6.07) is 15.8. The Bertz CT molecular complexity index is 874. The lowest BCUT2D eigenvalue weighted by Crippen LogP contribution is -2.39. The fourth-order valence-corrected chi connectivity index (χ4v) is 2.58. The van der Waals surface area contributed by atoms with Gasteiger partial charge < -0.3 is 19.5 Å². The minimum atomic E-state index is -0.537. The molecule has 2 amide bonds. The first-order valence-electron chi connectivity index (χ1n) is 9.69. The minimum Gasteiger partial charge on any atom is -0.481 e. The maximum atomic E-state index is 12.5. The van der Waals surface area contributed by atoms with E-state index in [0.717, 1.165) is 11.3 Å². The maximum Gasteiger partial charge on any atom is 0.251 e. The predicted molar refractivity (Wildman–Crippen MR) is 114 cm³/mol. The Balaban J connectivity index is 1.88. The van der Waals surface area contributed by atoms with Crippen molar-refractivity contribution in [1.82, 2.24) is 10.8 Å². The Morgan fingerprint density at radius 1 is 1.10 bits per heavy atom. The van der Waals surface area contributed by atoms with Gasteiger partial charge >= 0.3 is 0 Å². The number of hydrogen-bond acceptors (Lipinski definition) is 6. The van der Waals surface area contributed by atoms with Crippen molar-refractivity contribution in [3.8, 4) is 17.6 Å². The molecule has 0 spiro atoms. The number of hydroxylamine groups is 1. The van der Waals surface area contributed by atoms with Crippen molar-refractivity contribution < 1.29 is 29.0 Å². The van der Waals surface area contributed by atoms with Crippen LogP contribution in [0.2, 0.25) is 0 Å². The van der Waals surface area contributed by atoms with E-state index in [9.17, 15) is 9.59 Å². The number of rotatable bonds is 11. The van der Waals surface area contributed by atoms with Gasteiger partial charge in [0.2, 0.25) is 5.91 Å². The van der Waals surface area contributed by atoms with Crippen LogP contribution >= 0.6 is 0 Å². The van der Waals surface area contributed by atoms with E-state index >= 15 is 0 Å². The van der Waals surface area contributed by atoms with Crippen LogP contribution in [0.3, 0.4) is 0 Å². The fourth-order valence-electron chi connectivity index (χ4n) is 2.58. The van der Waals surface area contributed by atoms with Crippen molar-refractivity contribution in [1.29, 1.82) is 0 Å². The highest BCUT2D eigenvalue weighted by atomic mass is 16.7. The van der Waals surface area contributed by atoms with Crippen LogP contribution in [0, 0.1) is 11.8 Å². The van der Waals surface area contributed by atoms with Gasteiger partial charge in [0.15, 0.2) is 0 Å². The Morgan fingerprint density at radius 3 is 2.52 bits per heavy atom. The van der Waals surface area contributed by atoms with Gasteiger partial charge in [0, 0.05) is 24.7 Å². The van der Waals surface area contributed by atoms with Crippen LogP contribution in [0.5, 0.6) is 5.75 Å². The second-order valence-corrected chi connectivity index (χ2v) is 6.50. The van der Waals surface area contributed by atoms with E-state index < -0.39 is 11.9 Å². The molecule has 0 saturated heterocycles. The molecule has 0 unspecified atom stereocenters. The standard InChI is InChI=1S/C23H26N2O6/c1-29-17-30-16-20(13-14-22(26)25-28)24-23(27)19-11-9-18(10-12-19)6-5-15-31-21-7-3-2-4-8-21/h2-4,7-12,20,28H,13-17H2,1H3,(H,24,27)(H,25,26)/t20-/m0/s1. The zero-order valence-corrected chi connectivity index (χ0v) is 17.3. The molecule has 1 atom stereocenters. The maximum absolute atomic E-state index is 12.5. The van der Waals surface area contributed by atoms with Crippen molar-refractivity contribution in [2.75, 3.05) is 27.1 Å². The van der Waals surface area contributed by atoms with Gasteiger partial charge in [0.05, 0.1) is 12.6 Å². The average Bonchev–Trinajstić information content (AvgIpc) is 2.81. The number of para-hydroxylation sites is 1. The molecule has 0 bridgehead atoms. The largest absolute Gasteiger partial charge is 0.481 e. The summed E-state index contributed by atoms with van der Waals surface area (Å²) in [6.07, 6.45) is 0.337. The molecule has 164 valence electrons. The van der Waals surface area contributed by atoms with Crippen molar-refractivity contribution in [3.05, 3.63) is 65.7 Å². The first-order chi connectivity index (χ1) is 15.1. The Kier molecular flexibility index (Phi) is 10.6. The lowest BCUT2D eigenvalue weighted by molar-refractivity contribution is -0.129. The molecule has 8 nitrogen and oxygen atoms in total. The van der Waals surface area contributed by atoms with Crippen LogP contribution in [0.25, 0.3) is 0 Å². The highest BCUT2D eigenvalue weighted by Gasteiger charge is 2.16. The van der Waals surface area contributed by atoms with Gasteiger partial charge in [-0.25, -0.2) is 5.48 Å². The first-order valence-corrected chi connectivity index (χ1v) is 9.69. The molecule has 0 aliphatic heterocycles. The molecule has 2 rings (SSSR count). The third-order valence-corrected chi connectivity index (χ3v) is 4.13. The number of nitrogens with one attached hydrogen (secondary N) is 2. The van der Waals surface area contributed by atoms with Crippen LogP contribution in [0.15, 0.2) is 54.6 Å². The summed E-state index contributed by atoms with van der Waals surface area (Å²) >= 11 is 0. The molecule has 0 saturated carbocycles. The summed E-state index contributed by atoms with van der Waals surface area (Å²) in [5.74, 6) is 5.83. The van der Waals surface area contributed by atoms with Crippen molar-refractivity contribution in [3.63, 3.8) is 0 Å². The highest BCUT2D eigenvalue weighted by Crippen LogP contribution is 2.08. The van der Waals surface area contributed by atoms with E-state index in [-0.39, 0.29) is 32.3 Å². The number of methoxy groups -OCH3 is 1. The summed E-state index contributed by atoms with van der Waals surface area (Å²) in [4.78, 5) is 23.8. The lowest BCUT2D eigenvalue weighted by atomic mass is 10.1. The van der Waals surface area contributed by atoms with Crippen LogP contribution in [-0.4, -0.2) is 50.2 Å². The summed E-state index contributed by atoms with van der Waals surface area (Å²) in [7, 11) is 1.49. The van der Waals surface area contributed by atoms with E-state index in [0.29, 0.717) is 12.0 Å². The van der Waals surface area contributed by atoms with Gasteiger partial charge in [0.1, 0.15) is 19.1 Å². The second-order valence-electron chi connectivity index (χ2n) is 6.50. The number of hydrogen-bond donors (Lipinski definition) is 3. The molecule has 0 aromatic heterocycles. The van der Waals surface area contributed by atoms with E-state index in [1.165, 1.54) is 7.11 Å². The van der Waals surface area contributed by atoms with Crippen molar-refractivity contribution >= 4 is 11.8 Å². The Hall–Kier alpha value is -3.38. The molecule has 0 radical (unpaired) electrons. The van der Waals surface area contributed by atoms with Gasteiger partial charge in [-0.2, -0.15) is 0 Å². The molecular weight excluding hydrogens is 400 g/mol. The molecule has 0 aliphatic rings. The van der Waals surface area contributed by atoms with Gasteiger partial charge in [-0.1, -0.05) is 30.0 Å². The Labute approximate surface area is 181 Å². The number of carbonyl (C=O) groups excluding carboxylic acids is 2. The number of amides is 2. The van der Waals surface area contributed by atoms with Gasteiger partial charge in [-0.05, 0) is 42.8 Å². The van der Waals surface area contributed by atoms with Crippen LogP contribution in [0.4, 0.5) is 0 Å². The zero-order valence-electron chi connectivity index (χ0n) is 17.3. The van der Waals surface area contributed by atoms with Gasteiger partial charge in [-0.15, -0.1) is 0 Å². The minimum absolute atomic E-state index is 0.0391. The quantitative estimate of drug-likeness (QED) is 0.167. The summed E-state index contributed by atoms with van der Waals surface area (Å²) in [5.41, 5.74) is 2.78. The smallest absolute Gasteiger partial charge is 0.251 e. The van der Waals surface area contributed by atoms with Crippen LogP contribution < -0.4 is 15.5 Å². The summed E-state index contributed by atoms with van der Waals surface area (Å²) < 4.78 is 15.6. The normalized spacial score (nSPS) is 11.0. The van der Waals surface area contributed by atoms with E-state index in [1.807, 2.05) is 30.3 Å². The Morgan fingerprint density at radius 2 is 1.84 bits per heavy atom.